The topological polar surface area (TPSA) is 89.8 Å². The van der Waals surface area contributed by atoms with Crippen molar-refractivity contribution >= 4 is 5.91 Å². The number of rotatable bonds is 66. The molecule has 452 valence electrons. The number of hydrogen-bond acceptors (Lipinski definition) is 4. The van der Waals surface area contributed by atoms with E-state index in [0.29, 0.717) is 12.8 Å². The molecule has 0 aliphatic rings. The summed E-state index contributed by atoms with van der Waals surface area (Å²) in [6, 6.07) is -0.659. The molecule has 0 bridgehead atoms. The van der Waals surface area contributed by atoms with E-state index in [0.717, 1.165) is 32.1 Å². The van der Waals surface area contributed by atoms with Crippen LogP contribution < -0.4 is 5.32 Å². The number of amides is 1. The zero-order valence-corrected chi connectivity index (χ0v) is 51.9. The van der Waals surface area contributed by atoms with Crippen LogP contribution >= 0.6 is 0 Å². The molecule has 0 spiro atoms. The standard InChI is InChI=1S/C71H139NO4/c1-3-5-7-9-11-13-15-17-19-21-23-25-27-29-30-31-32-33-34-35-36-37-38-39-40-41-42-44-46-48-50-52-54-56-58-60-62-64-68(74)66-71(76)72-69(67-73)70(75)65-63-61-59-57-55-53-51-49-47-45-43-28-26-24-22-20-18-16-14-12-10-8-6-4-2/h32-33,35-36,68-70,73-75H,3-31,34,37-67H2,1-2H3,(H,72,76)/b33-32-,36-35-. The van der Waals surface area contributed by atoms with Gasteiger partial charge in [0.1, 0.15) is 0 Å². The first kappa shape index (κ1) is 74.8. The lowest BCUT2D eigenvalue weighted by Crippen LogP contribution is -2.46. The molecular weight excluding hydrogens is 931 g/mol. The highest BCUT2D eigenvalue weighted by Gasteiger charge is 2.21. The van der Waals surface area contributed by atoms with Gasteiger partial charge in [0, 0.05) is 0 Å². The highest BCUT2D eigenvalue weighted by Crippen LogP contribution is 2.19. The third-order valence-electron chi connectivity index (χ3n) is 16.8. The van der Waals surface area contributed by atoms with E-state index in [1.54, 1.807) is 0 Å². The molecule has 0 saturated heterocycles. The zero-order valence-electron chi connectivity index (χ0n) is 51.9. The fourth-order valence-corrected chi connectivity index (χ4v) is 11.4. The summed E-state index contributed by atoms with van der Waals surface area (Å²) < 4.78 is 0. The Hall–Kier alpha value is -1.17. The number of nitrogens with one attached hydrogen (secondary N) is 1. The first-order valence-corrected chi connectivity index (χ1v) is 35.1. The average Bonchev–Trinajstić information content (AvgIpc) is 3.42. The van der Waals surface area contributed by atoms with E-state index in [1.807, 2.05) is 0 Å². The number of carbonyl (C=O) groups excluding carboxylic acids is 1. The van der Waals surface area contributed by atoms with Crippen LogP contribution in [0.15, 0.2) is 24.3 Å². The summed E-state index contributed by atoms with van der Waals surface area (Å²) in [5.41, 5.74) is 0. The molecule has 0 aromatic carbocycles. The van der Waals surface area contributed by atoms with Crippen molar-refractivity contribution in [1.29, 1.82) is 0 Å². The van der Waals surface area contributed by atoms with E-state index in [9.17, 15) is 20.1 Å². The van der Waals surface area contributed by atoms with Crippen molar-refractivity contribution in [3.05, 3.63) is 24.3 Å². The first-order valence-electron chi connectivity index (χ1n) is 35.1. The van der Waals surface area contributed by atoms with Crippen LogP contribution in [0, 0.1) is 0 Å². The highest BCUT2D eigenvalue weighted by atomic mass is 16.3. The molecule has 0 rings (SSSR count). The number of carbonyl (C=O) groups is 1. The van der Waals surface area contributed by atoms with Crippen molar-refractivity contribution in [3.8, 4) is 0 Å². The third kappa shape index (κ3) is 62.0. The number of aliphatic hydroxyl groups is 3. The van der Waals surface area contributed by atoms with E-state index in [-0.39, 0.29) is 18.9 Å². The second-order valence-electron chi connectivity index (χ2n) is 24.5. The number of unbranched alkanes of at least 4 members (excludes halogenated alkanes) is 53. The van der Waals surface area contributed by atoms with Gasteiger partial charge in [0.15, 0.2) is 0 Å². The maximum absolute atomic E-state index is 12.6. The second-order valence-corrected chi connectivity index (χ2v) is 24.5. The molecule has 3 atom stereocenters. The molecule has 0 aliphatic heterocycles. The van der Waals surface area contributed by atoms with Crippen LogP contribution in [-0.4, -0.2) is 46.1 Å². The van der Waals surface area contributed by atoms with Gasteiger partial charge in [-0.05, 0) is 44.9 Å². The van der Waals surface area contributed by atoms with Crippen molar-refractivity contribution < 1.29 is 20.1 Å². The Bertz CT molecular complexity index is 1140. The van der Waals surface area contributed by atoms with Crippen LogP contribution in [0.4, 0.5) is 0 Å². The quantitative estimate of drug-likeness (QED) is 0.0361. The Morgan fingerprint density at radius 1 is 0.329 bits per heavy atom. The maximum atomic E-state index is 12.6. The molecule has 0 radical (unpaired) electrons. The summed E-state index contributed by atoms with van der Waals surface area (Å²) in [6.07, 6.45) is 86.9. The molecule has 4 N–H and O–H groups in total. The van der Waals surface area contributed by atoms with Gasteiger partial charge in [-0.3, -0.25) is 4.79 Å². The van der Waals surface area contributed by atoms with Gasteiger partial charge in [0.05, 0.1) is 31.3 Å². The highest BCUT2D eigenvalue weighted by molar-refractivity contribution is 5.76. The summed E-state index contributed by atoms with van der Waals surface area (Å²) in [5.74, 6) is -0.275. The Balaban J connectivity index is 3.46. The van der Waals surface area contributed by atoms with E-state index >= 15 is 0 Å². The smallest absolute Gasteiger partial charge is 0.222 e. The van der Waals surface area contributed by atoms with E-state index < -0.39 is 18.2 Å². The Kier molecular flexibility index (Phi) is 65.3. The average molecular weight is 1070 g/mol. The van der Waals surface area contributed by atoms with Crippen LogP contribution in [0.1, 0.15) is 399 Å². The number of hydrogen-bond donors (Lipinski definition) is 4. The maximum Gasteiger partial charge on any atom is 0.222 e. The van der Waals surface area contributed by atoms with Gasteiger partial charge in [-0.1, -0.05) is 372 Å². The van der Waals surface area contributed by atoms with Gasteiger partial charge in [-0.2, -0.15) is 0 Å². The normalized spacial score (nSPS) is 13.2. The van der Waals surface area contributed by atoms with Crippen LogP contribution in [0.25, 0.3) is 0 Å². The van der Waals surface area contributed by atoms with Gasteiger partial charge in [-0.15, -0.1) is 0 Å². The van der Waals surface area contributed by atoms with Gasteiger partial charge in [0.25, 0.3) is 0 Å². The molecule has 1 amide bonds. The molecule has 5 nitrogen and oxygen atoms in total. The minimum absolute atomic E-state index is 0.0398. The van der Waals surface area contributed by atoms with Crippen molar-refractivity contribution in [1.82, 2.24) is 5.32 Å². The largest absolute Gasteiger partial charge is 0.394 e. The van der Waals surface area contributed by atoms with Crippen molar-refractivity contribution in [2.75, 3.05) is 6.61 Å². The van der Waals surface area contributed by atoms with Gasteiger partial charge >= 0.3 is 0 Å². The fourth-order valence-electron chi connectivity index (χ4n) is 11.4. The zero-order chi connectivity index (χ0) is 55.0. The van der Waals surface area contributed by atoms with E-state index in [2.05, 4.69) is 43.5 Å². The molecule has 0 aliphatic carbocycles. The minimum atomic E-state index is -0.750. The van der Waals surface area contributed by atoms with Crippen LogP contribution in [0.2, 0.25) is 0 Å². The summed E-state index contributed by atoms with van der Waals surface area (Å²) in [4.78, 5) is 12.6. The molecular formula is C71H139NO4. The molecule has 5 heteroatoms. The predicted octanol–water partition coefficient (Wildman–Crippen LogP) is 22.7. The van der Waals surface area contributed by atoms with E-state index in [4.69, 9.17) is 0 Å². The fraction of sp³-hybridized carbons (Fsp3) is 0.930. The number of aliphatic hydroxyl groups excluding tert-OH is 3. The first-order chi connectivity index (χ1) is 37.5. The summed E-state index contributed by atoms with van der Waals surface area (Å²) in [5, 5.41) is 33.8. The summed E-state index contributed by atoms with van der Waals surface area (Å²) in [6.45, 7) is 4.32. The second kappa shape index (κ2) is 66.3. The van der Waals surface area contributed by atoms with Crippen LogP contribution in [0.5, 0.6) is 0 Å². The van der Waals surface area contributed by atoms with E-state index in [1.165, 1.54) is 334 Å². The SMILES string of the molecule is CCCCCCCCCCCCCCCCC/C=C\C/C=C\CCCCCCCCCCCCCCCCCC(O)CC(=O)NC(CO)C(O)CCCCCCCCCCCCCCCCCCCCCCCCCC. The van der Waals surface area contributed by atoms with Crippen LogP contribution in [0.3, 0.4) is 0 Å². The molecule has 3 unspecified atom stereocenters. The third-order valence-corrected chi connectivity index (χ3v) is 16.8. The van der Waals surface area contributed by atoms with Gasteiger partial charge < -0.3 is 20.6 Å². The van der Waals surface area contributed by atoms with Gasteiger partial charge in [-0.25, -0.2) is 0 Å². The Labute approximate surface area is 477 Å². The molecule has 0 heterocycles. The summed E-state index contributed by atoms with van der Waals surface area (Å²) >= 11 is 0. The van der Waals surface area contributed by atoms with Crippen LogP contribution in [-0.2, 0) is 4.79 Å². The molecule has 0 aromatic heterocycles. The lowest BCUT2D eigenvalue weighted by molar-refractivity contribution is -0.125. The molecule has 76 heavy (non-hydrogen) atoms. The van der Waals surface area contributed by atoms with Crippen molar-refractivity contribution in [2.24, 2.45) is 0 Å². The molecule has 0 aromatic rings. The van der Waals surface area contributed by atoms with Crippen molar-refractivity contribution in [2.45, 2.75) is 417 Å². The van der Waals surface area contributed by atoms with Gasteiger partial charge in [0.2, 0.25) is 5.91 Å². The monoisotopic (exact) mass is 1070 g/mol. The minimum Gasteiger partial charge on any atom is -0.394 e. The number of allylic oxidation sites excluding steroid dienone is 4. The molecule has 0 fully saturated rings. The predicted molar refractivity (Wildman–Crippen MR) is 338 cm³/mol. The Morgan fingerprint density at radius 3 is 0.829 bits per heavy atom. The lowest BCUT2D eigenvalue weighted by atomic mass is 10.0. The molecule has 0 saturated carbocycles. The van der Waals surface area contributed by atoms with Crippen molar-refractivity contribution in [3.63, 3.8) is 0 Å². The Morgan fingerprint density at radius 2 is 0.566 bits per heavy atom. The lowest BCUT2D eigenvalue weighted by Gasteiger charge is -2.23. The summed E-state index contributed by atoms with van der Waals surface area (Å²) in [7, 11) is 0.